The van der Waals surface area contributed by atoms with E-state index in [0.29, 0.717) is 29.2 Å². The zero-order valence-corrected chi connectivity index (χ0v) is 15.6. The number of esters is 1. The maximum atomic E-state index is 12.1. The Kier molecular flexibility index (Phi) is 6.88. The number of hydrogen-bond acceptors (Lipinski definition) is 5. The molecule has 0 atom stereocenters. The minimum Gasteiger partial charge on any atom is -0.480 e. The number of fused-ring (bicyclic) bond motifs is 1. The molecule has 2 aromatic rings. The summed E-state index contributed by atoms with van der Waals surface area (Å²) in [4.78, 5) is 23.8. The molecule has 5 nitrogen and oxygen atoms in total. The summed E-state index contributed by atoms with van der Waals surface area (Å²) in [7, 11) is 0. The number of rotatable bonds is 8. The van der Waals surface area contributed by atoms with Crippen LogP contribution in [-0.2, 0) is 16.0 Å². The molecule has 25 heavy (non-hydrogen) atoms. The zero-order chi connectivity index (χ0) is 18.4. The third-order valence-corrected chi connectivity index (χ3v) is 4.24. The standard InChI is InChI=1S/C19H23ClO5/c1-4-6-8-23-18(21)11-24-17-10-16-14(9-15(17)20)12(3)13(7-5-2)19(22)25-16/h9-10H,4-8,11H2,1-3H3. The van der Waals surface area contributed by atoms with Gasteiger partial charge in [0.25, 0.3) is 0 Å². The molecule has 0 saturated heterocycles. The van der Waals surface area contributed by atoms with Crippen molar-refractivity contribution < 1.29 is 18.7 Å². The van der Waals surface area contributed by atoms with Gasteiger partial charge in [0.2, 0.25) is 0 Å². The van der Waals surface area contributed by atoms with Crippen LogP contribution in [0.4, 0.5) is 0 Å². The SMILES string of the molecule is CCCCOC(=O)COc1cc2oc(=O)c(CCC)c(C)c2cc1Cl. The second kappa shape index (κ2) is 8.90. The molecule has 0 bridgehead atoms. The Morgan fingerprint density at radius 3 is 2.68 bits per heavy atom. The van der Waals surface area contributed by atoms with Crippen LogP contribution in [0.1, 0.15) is 44.2 Å². The maximum absolute atomic E-state index is 12.1. The van der Waals surface area contributed by atoms with Crippen LogP contribution in [0.25, 0.3) is 11.0 Å². The Hall–Kier alpha value is -2.01. The Morgan fingerprint density at radius 1 is 1.24 bits per heavy atom. The molecular formula is C19H23ClO5. The summed E-state index contributed by atoms with van der Waals surface area (Å²) in [5, 5.41) is 1.12. The summed E-state index contributed by atoms with van der Waals surface area (Å²) >= 11 is 6.26. The van der Waals surface area contributed by atoms with Crippen molar-refractivity contribution >= 4 is 28.5 Å². The van der Waals surface area contributed by atoms with Crippen LogP contribution in [0.3, 0.4) is 0 Å². The molecule has 6 heteroatoms. The molecule has 136 valence electrons. The molecule has 0 N–H and O–H groups in total. The highest BCUT2D eigenvalue weighted by molar-refractivity contribution is 6.32. The first kappa shape index (κ1) is 19.3. The van der Waals surface area contributed by atoms with Gasteiger partial charge in [-0.3, -0.25) is 0 Å². The van der Waals surface area contributed by atoms with Gasteiger partial charge in [-0.05, 0) is 31.4 Å². The van der Waals surface area contributed by atoms with Crippen LogP contribution < -0.4 is 10.4 Å². The van der Waals surface area contributed by atoms with E-state index in [2.05, 4.69) is 0 Å². The molecule has 0 amide bonds. The van der Waals surface area contributed by atoms with E-state index < -0.39 is 5.97 Å². The molecule has 0 saturated carbocycles. The summed E-state index contributed by atoms with van der Waals surface area (Å²) in [5.41, 5.74) is 1.57. The van der Waals surface area contributed by atoms with E-state index in [1.165, 1.54) is 0 Å². The Morgan fingerprint density at radius 2 is 2.00 bits per heavy atom. The summed E-state index contributed by atoms with van der Waals surface area (Å²) in [6, 6.07) is 3.24. The summed E-state index contributed by atoms with van der Waals surface area (Å²) in [6.07, 6.45) is 3.27. The van der Waals surface area contributed by atoms with Crippen LogP contribution in [0.2, 0.25) is 5.02 Å². The molecule has 0 fully saturated rings. The highest BCUT2D eigenvalue weighted by atomic mass is 35.5. The van der Waals surface area contributed by atoms with Gasteiger partial charge >= 0.3 is 11.6 Å². The minimum absolute atomic E-state index is 0.244. The molecule has 0 aliphatic rings. The first-order valence-corrected chi connectivity index (χ1v) is 8.90. The molecule has 0 unspecified atom stereocenters. The molecule has 1 aromatic heterocycles. The van der Waals surface area contributed by atoms with E-state index in [9.17, 15) is 9.59 Å². The summed E-state index contributed by atoms with van der Waals surface area (Å²) in [5.74, 6) is -0.173. The molecule has 0 radical (unpaired) electrons. The van der Waals surface area contributed by atoms with Crippen LogP contribution in [0.5, 0.6) is 5.75 Å². The fourth-order valence-corrected chi connectivity index (χ4v) is 2.77. The van der Waals surface area contributed by atoms with Crippen LogP contribution >= 0.6 is 11.6 Å². The number of carbonyl (C=O) groups is 1. The third-order valence-electron chi connectivity index (χ3n) is 3.95. The number of benzene rings is 1. The molecule has 0 aliphatic heterocycles. The topological polar surface area (TPSA) is 65.7 Å². The number of halogens is 1. The molecule has 2 rings (SSSR count). The van der Waals surface area contributed by atoms with Crippen molar-refractivity contribution in [2.24, 2.45) is 0 Å². The predicted octanol–water partition coefficient (Wildman–Crippen LogP) is 4.43. The van der Waals surface area contributed by atoms with Crippen molar-refractivity contribution in [1.29, 1.82) is 0 Å². The first-order valence-electron chi connectivity index (χ1n) is 8.52. The second-order valence-corrected chi connectivity index (χ2v) is 6.29. The molecular weight excluding hydrogens is 344 g/mol. The van der Waals surface area contributed by atoms with E-state index in [0.717, 1.165) is 30.2 Å². The van der Waals surface area contributed by atoms with Gasteiger partial charge in [0.05, 0.1) is 11.6 Å². The monoisotopic (exact) mass is 366 g/mol. The van der Waals surface area contributed by atoms with Crippen molar-refractivity contribution in [3.8, 4) is 5.75 Å². The van der Waals surface area contributed by atoms with E-state index in [4.69, 9.17) is 25.5 Å². The lowest BCUT2D eigenvalue weighted by Gasteiger charge is -2.11. The Balaban J connectivity index is 2.22. The fourth-order valence-electron chi connectivity index (χ4n) is 2.55. The van der Waals surface area contributed by atoms with E-state index in [1.807, 2.05) is 20.8 Å². The zero-order valence-electron chi connectivity index (χ0n) is 14.8. The lowest BCUT2D eigenvalue weighted by Crippen LogP contribution is -2.15. The van der Waals surface area contributed by atoms with Crippen molar-refractivity contribution in [2.45, 2.75) is 46.5 Å². The quantitative estimate of drug-likeness (QED) is 0.393. The molecule has 1 heterocycles. The number of unbranched alkanes of at least 4 members (excludes halogenated alkanes) is 1. The lowest BCUT2D eigenvalue weighted by molar-refractivity contribution is -0.146. The van der Waals surface area contributed by atoms with Gasteiger partial charge in [-0.1, -0.05) is 38.3 Å². The van der Waals surface area contributed by atoms with Crippen molar-refractivity contribution in [3.63, 3.8) is 0 Å². The van der Waals surface area contributed by atoms with Gasteiger partial charge in [0, 0.05) is 17.0 Å². The van der Waals surface area contributed by atoms with Crippen molar-refractivity contribution in [2.75, 3.05) is 13.2 Å². The Labute approximate surface area is 151 Å². The van der Waals surface area contributed by atoms with Gasteiger partial charge in [0.15, 0.2) is 6.61 Å². The predicted molar refractivity (Wildman–Crippen MR) is 97.6 cm³/mol. The number of aryl methyl sites for hydroxylation is 1. The van der Waals surface area contributed by atoms with Gasteiger partial charge in [-0.25, -0.2) is 9.59 Å². The van der Waals surface area contributed by atoms with Crippen LogP contribution in [0, 0.1) is 6.92 Å². The van der Waals surface area contributed by atoms with Gasteiger partial charge < -0.3 is 13.9 Å². The maximum Gasteiger partial charge on any atom is 0.344 e. The normalized spacial score (nSPS) is 10.9. The van der Waals surface area contributed by atoms with E-state index >= 15 is 0 Å². The second-order valence-electron chi connectivity index (χ2n) is 5.88. The molecule has 0 aliphatic carbocycles. The average Bonchev–Trinajstić information content (AvgIpc) is 2.58. The van der Waals surface area contributed by atoms with Gasteiger partial charge in [-0.2, -0.15) is 0 Å². The number of carbonyl (C=O) groups excluding carboxylic acids is 1. The number of hydrogen-bond donors (Lipinski definition) is 0. The highest BCUT2D eigenvalue weighted by Gasteiger charge is 2.15. The minimum atomic E-state index is -0.458. The van der Waals surface area contributed by atoms with Gasteiger partial charge in [0.1, 0.15) is 11.3 Å². The van der Waals surface area contributed by atoms with E-state index in [1.54, 1.807) is 12.1 Å². The number of ether oxygens (including phenoxy) is 2. The summed E-state index contributed by atoms with van der Waals surface area (Å²) < 4.78 is 15.9. The smallest absolute Gasteiger partial charge is 0.344 e. The van der Waals surface area contributed by atoms with Crippen LogP contribution in [0.15, 0.2) is 21.3 Å². The molecule has 1 aromatic carbocycles. The van der Waals surface area contributed by atoms with Gasteiger partial charge in [-0.15, -0.1) is 0 Å². The first-order chi connectivity index (χ1) is 12.0. The highest BCUT2D eigenvalue weighted by Crippen LogP contribution is 2.32. The van der Waals surface area contributed by atoms with Crippen molar-refractivity contribution in [1.82, 2.24) is 0 Å². The van der Waals surface area contributed by atoms with Crippen LogP contribution in [-0.4, -0.2) is 19.2 Å². The lowest BCUT2D eigenvalue weighted by atomic mass is 10.0. The summed E-state index contributed by atoms with van der Waals surface area (Å²) in [6.45, 7) is 6.03. The van der Waals surface area contributed by atoms with Crippen molar-refractivity contribution in [3.05, 3.63) is 38.7 Å². The third kappa shape index (κ3) is 4.75. The fraction of sp³-hybridized carbons (Fsp3) is 0.474. The average molecular weight is 367 g/mol. The Bertz CT molecular complexity index is 810. The molecule has 0 spiro atoms. The van der Waals surface area contributed by atoms with E-state index in [-0.39, 0.29) is 18.0 Å². The largest absolute Gasteiger partial charge is 0.480 e.